The first-order chi connectivity index (χ1) is 20.3. The zero-order chi connectivity index (χ0) is 31.5. The molecule has 0 unspecified atom stereocenters. The number of hydrogen-bond donors (Lipinski definition) is 4. The number of benzene rings is 1. The van der Waals surface area contributed by atoms with E-state index in [4.69, 9.17) is 0 Å². The number of aromatic carboxylic acids is 1. The summed E-state index contributed by atoms with van der Waals surface area (Å²) in [6.07, 6.45) is -0.913. The van der Waals surface area contributed by atoms with Crippen LogP contribution in [0.4, 0.5) is 23.8 Å². The molecule has 0 spiro atoms. The Morgan fingerprint density at radius 3 is 2.51 bits per heavy atom. The molecule has 2 amide bonds. The van der Waals surface area contributed by atoms with Crippen molar-refractivity contribution < 1.29 is 33.0 Å². The second-order valence-electron chi connectivity index (χ2n) is 10.3. The minimum absolute atomic E-state index is 0.00388. The fraction of sp³-hybridized carbons (Fsp3) is 0.345. The van der Waals surface area contributed by atoms with Crippen molar-refractivity contribution in [3.63, 3.8) is 0 Å². The number of rotatable bonds is 10. The number of aromatic nitrogens is 3. The number of carbonyl (C=O) groups excluding carboxylic acids is 1. The molecule has 4 rings (SSSR count). The maximum Gasteiger partial charge on any atom is 0.434 e. The van der Waals surface area contributed by atoms with Gasteiger partial charge in [0.25, 0.3) is 0 Å². The van der Waals surface area contributed by atoms with Crippen LogP contribution in [-0.4, -0.2) is 49.9 Å². The van der Waals surface area contributed by atoms with Gasteiger partial charge in [-0.25, -0.2) is 19.6 Å². The van der Waals surface area contributed by atoms with E-state index < -0.39 is 40.9 Å². The van der Waals surface area contributed by atoms with E-state index in [1.807, 2.05) is 20.8 Å². The van der Waals surface area contributed by atoms with Crippen molar-refractivity contribution >= 4 is 40.1 Å². The van der Waals surface area contributed by atoms with Crippen LogP contribution >= 0.6 is 11.3 Å². The molecular weight excluding hydrogens is 587 g/mol. The van der Waals surface area contributed by atoms with Gasteiger partial charge in [0.15, 0.2) is 5.69 Å². The van der Waals surface area contributed by atoms with Gasteiger partial charge >= 0.3 is 18.2 Å². The van der Waals surface area contributed by atoms with Crippen molar-refractivity contribution in [2.45, 2.75) is 45.8 Å². The topological polar surface area (TPSA) is 146 Å². The summed E-state index contributed by atoms with van der Waals surface area (Å²) in [5, 5.41) is 26.0. The lowest BCUT2D eigenvalue weighted by Gasteiger charge is -2.23. The molecule has 0 saturated heterocycles. The van der Waals surface area contributed by atoms with Crippen molar-refractivity contribution in [1.29, 1.82) is 0 Å². The van der Waals surface area contributed by atoms with Crippen molar-refractivity contribution in [3.05, 3.63) is 63.5 Å². The predicted molar refractivity (Wildman–Crippen MR) is 157 cm³/mol. The van der Waals surface area contributed by atoms with Gasteiger partial charge in [-0.3, -0.25) is 10.1 Å². The number of aliphatic hydroxyl groups excluding tert-OH is 1. The SMILES string of the molecule is CCCNC(=O)Nc1cc(-c2nc(C(F)(F)F)cs2)c(-c2ccc3c(c2)c(=O)c(C(=O)O)cn3[C@H](CO)CC(C)C)cn1. The monoisotopic (exact) mass is 617 g/mol. The number of alkyl halides is 3. The van der Waals surface area contributed by atoms with Gasteiger partial charge in [-0.1, -0.05) is 26.8 Å². The van der Waals surface area contributed by atoms with Crippen LogP contribution in [0.1, 0.15) is 55.7 Å². The van der Waals surface area contributed by atoms with Gasteiger partial charge < -0.3 is 20.1 Å². The van der Waals surface area contributed by atoms with Gasteiger partial charge in [-0.2, -0.15) is 13.2 Å². The fourth-order valence-corrected chi connectivity index (χ4v) is 5.51. The van der Waals surface area contributed by atoms with Crippen molar-refractivity contribution in [2.75, 3.05) is 18.5 Å². The van der Waals surface area contributed by atoms with Gasteiger partial charge in [0.1, 0.15) is 16.4 Å². The molecule has 228 valence electrons. The Morgan fingerprint density at radius 2 is 1.91 bits per heavy atom. The highest BCUT2D eigenvalue weighted by molar-refractivity contribution is 7.13. The number of pyridine rings is 2. The third-order valence-corrected chi connectivity index (χ3v) is 7.50. The lowest BCUT2D eigenvalue weighted by atomic mass is 9.98. The molecular formula is C29H30F3N5O5S. The summed E-state index contributed by atoms with van der Waals surface area (Å²) >= 11 is 0.749. The fourth-order valence-electron chi connectivity index (χ4n) is 4.66. The minimum atomic E-state index is -4.68. The van der Waals surface area contributed by atoms with Crippen LogP contribution in [0.2, 0.25) is 0 Å². The molecule has 0 aliphatic heterocycles. The first kappa shape index (κ1) is 31.6. The second kappa shape index (κ2) is 12.9. The van der Waals surface area contributed by atoms with E-state index in [-0.39, 0.29) is 34.3 Å². The summed E-state index contributed by atoms with van der Waals surface area (Å²) in [6, 6.07) is 5.00. The molecule has 3 heterocycles. The summed E-state index contributed by atoms with van der Waals surface area (Å²) in [4.78, 5) is 45.6. The molecule has 0 aliphatic rings. The van der Waals surface area contributed by atoms with E-state index in [1.54, 1.807) is 16.7 Å². The Bertz CT molecular complexity index is 1720. The molecule has 43 heavy (non-hydrogen) atoms. The lowest BCUT2D eigenvalue weighted by Crippen LogP contribution is -2.29. The van der Waals surface area contributed by atoms with Crippen LogP contribution in [0.5, 0.6) is 0 Å². The van der Waals surface area contributed by atoms with Crippen LogP contribution in [0.25, 0.3) is 32.6 Å². The van der Waals surface area contributed by atoms with E-state index >= 15 is 0 Å². The molecule has 1 aromatic carbocycles. The Morgan fingerprint density at radius 1 is 1.16 bits per heavy atom. The molecule has 4 N–H and O–H groups in total. The Kier molecular flexibility index (Phi) is 9.50. The second-order valence-corrected chi connectivity index (χ2v) is 11.2. The average molecular weight is 618 g/mol. The highest BCUT2D eigenvalue weighted by atomic mass is 32.1. The van der Waals surface area contributed by atoms with Crippen molar-refractivity contribution in [2.24, 2.45) is 5.92 Å². The highest BCUT2D eigenvalue weighted by Crippen LogP contribution is 2.39. The van der Waals surface area contributed by atoms with Crippen LogP contribution in [0, 0.1) is 5.92 Å². The lowest BCUT2D eigenvalue weighted by molar-refractivity contribution is -0.140. The van der Waals surface area contributed by atoms with Gasteiger partial charge in [-0.05, 0) is 42.5 Å². The van der Waals surface area contributed by atoms with E-state index in [9.17, 15) is 37.8 Å². The summed E-state index contributed by atoms with van der Waals surface area (Å²) < 4.78 is 41.8. The summed E-state index contributed by atoms with van der Waals surface area (Å²) in [5.74, 6) is -1.22. The molecule has 4 aromatic rings. The molecule has 10 nitrogen and oxygen atoms in total. The average Bonchev–Trinajstić information content (AvgIpc) is 3.46. The van der Waals surface area contributed by atoms with E-state index in [0.29, 0.717) is 36.0 Å². The first-order valence-electron chi connectivity index (χ1n) is 13.4. The van der Waals surface area contributed by atoms with E-state index in [1.165, 1.54) is 24.5 Å². The Hall–Kier alpha value is -4.30. The summed E-state index contributed by atoms with van der Waals surface area (Å²) in [7, 11) is 0. The molecule has 14 heteroatoms. The molecule has 0 bridgehead atoms. The van der Waals surface area contributed by atoms with Gasteiger partial charge in [-0.15, -0.1) is 11.3 Å². The standard InChI is InChI=1S/C29H30F3N5O5S/c1-4-7-33-28(42)36-24-10-18(26-35-23(14-43-26)29(30,31)32)20(11-34-24)16-5-6-22-19(9-16)25(39)21(27(40)41)12-37(22)17(13-38)8-15(2)3/h5-6,9-12,14-15,17,38H,4,7-8,13H2,1-3H3,(H,40,41)(H2,33,34,36,42)/t17-/m0/s1. The Labute approximate surface area is 248 Å². The van der Waals surface area contributed by atoms with E-state index in [2.05, 4.69) is 20.6 Å². The normalized spacial score (nSPS) is 12.5. The van der Waals surface area contributed by atoms with Crippen LogP contribution in [0.3, 0.4) is 0 Å². The minimum Gasteiger partial charge on any atom is -0.477 e. The number of fused-ring (bicyclic) bond motifs is 1. The number of hydrogen-bond acceptors (Lipinski definition) is 7. The number of anilines is 1. The number of amides is 2. The molecule has 0 radical (unpaired) electrons. The van der Waals surface area contributed by atoms with E-state index in [0.717, 1.165) is 16.7 Å². The quantitative estimate of drug-likeness (QED) is 0.170. The third kappa shape index (κ3) is 7.03. The smallest absolute Gasteiger partial charge is 0.434 e. The van der Waals surface area contributed by atoms with Crippen LogP contribution < -0.4 is 16.1 Å². The first-order valence-corrected chi connectivity index (χ1v) is 14.3. The van der Waals surface area contributed by atoms with Gasteiger partial charge in [0.05, 0.1) is 18.2 Å². The number of aliphatic hydroxyl groups is 1. The maximum absolute atomic E-state index is 13.4. The highest BCUT2D eigenvalue weighted by Gasteiger charge is 2.34. The number of carboxylic acids is 1. The number of nitrogens with zero attached hydrogens (tertiary/aromatic N) is 3. The zero-order valence-corrected chi connectivity index (χ0v) is 24.3. The molecule has 1 atom stereocenters. The maximum atomic E-state index is 13.4. The number of carbonyl (C=O) groups is 2. The summed E-state index contributed by atoms with van der Waals surface area (Å²) in [5.41, 5.74) is -1.07. The Balaban J connectivity index is 1.92. The summed E-state index contributed by atoms with van der Waals surface area (Å²) in [6.45, 7) is 5.88. The van der Waals surface area contributed by atoms with Crippen LogP contribution in [0.15, 0.2) is 46.8 Å². The predicted octanol–water partition coefficient (Wildman–Crippen LogP) is 6.02. The third-order valence-electron chi connectivity index (χ3n) is 6.63. The van der Waals surface area contributed by atoms with Crippen molar-refractivity contribution in [3.8, 4) is 21.7 Å². The molecule has 0 aliphatic carbocycles. The zero-order valence-electron chi connectivity index (χ0n) is 23.5. The molecule has 0 fully saturated rings. The number of nitrogens with one attached hydrogen (secondary N) is 2. The number of urea groups is 1. The van der Waals surface area contributed by atoms with Gasteiger partial charge in [0, 0.05) is 40.8 Å². The molecule has 3 aromatic heterocycles. The van der Waals surface area contributed by atoms with Crippen LogP contribution in [-0.2, 0) is 6.18 Å². The number of halogens is 3. The van der Waals surface area contributed by atoms with Gasteiger partial charge in [0.2, 0.25) is 5.43 Å². The van der Waals surface area contributed by atoms with Crippen molar-refractivity contribution in [1.82, 2.24) is 19.9 Å². The molecule has 0 saturated carbocycles. The largest absolute Gasteiger partial charge is 0.477 e. The number of carboxylic acid groups (broad SMARTS) is 1. The number of thiazole rings is 1.